The average molecular weight is 437 g/mol. The molecule has 1 unspecified atom stereocenters. The van der Waals surface area contributed by atoms with Crippen molar-refractivity contribution >= 4 is 41.9 Å². The fraction of sp³-hybridized carbons (Fsp3) is 0.143. The number of benzene rings is 2. The molecule has 1 atom stereocenters. The molecule has 0 spiro atoms. The third kappa shape index (κ3) is 4.12. The molecule has 0 aliphatic rings. The predicted octanol–water partition coefficient (Wildman–Crippen LogP) is 4.00. The van der Waals surface area contributed by atoms with Crippen LogP contribution >= 0.6 is 31.9 Å². The second-order valence-corrected chi connectivity index (χ2v) is 7.56. The molecular formula is C14H12Br2FNO2S. The lowest BCUT2D eigenvalue weighted by molar-refractivity contribution is 0.548. The van der Waals surface area contributed by atoms with Crippen LogP contribution in [0.2, 0.25) is 0 Å². The van der Waals surface area contributed by atoms with Crippen molar-refractivity contribution in [3.8, 4) is 0 Å². The zero-order valence-corrected chi connectivity index (χ0v) is 14.8. The first-order chi connectivity index (χ1) is 9.94. The molecule has 0 aliphatic carbocycles. The molecule has 0 bridgehead atoms. The van der Waals surface area contributed by atoms with Gasteiger partial charge in [0, 0.05) is 9.80 Å². The van der Waals surface area contributed by atoms with Gasteiger partial charge in [0.25, 0.3) is 0 Å². The van der Waals surface area contributed by atoms with E-state index in [0.29, 0.717) is 9.80 Å². The van der Waals surface area contributed by atoms with Gasteiger partial charge in [0.05, 0.1) is 6.04 Å². The zero-order valence-electron chi connectivity index (χ0n) is 10.8. The number of alkyl halides is 1. The molecule has 0 aromatic heterocycles. The molecule has 0 fully saturated rings. The summed E-state index contributed by atoms with van der Waals surface area (Å²) in [5, 5.41) is 0.383. The number of nitrogens with one attached hydrogen (secondary N) is 1. The Hall–Kier alpha value is -0.760. The normalized spacial score (nSPS) is 13.1. The second-order valence-electron chi connectivity index (χ2n) is 4.31. The van der Waals surface area contributed by atoms with Gasteiger partial charge in [0.2, 0.25) is 10.0 Å². The maximum Gasteiger partial charge on any atom is 0.244 e. The summed E-state index contributed by atoms with van der Waals surface area (Å²) in [7, 11) is -3.94. The predicted molar refractivity (Wildman–Crippen MR) is 87.4 cm³/mol. The highest BCUT2D eigenvalue weighted by Gasteiger charge is 2.23. The fourth-order valence-corrected chi connectivity index (χ4v) is 4.18. The van der Waals surface area contributed by atoms with Crippen molar-refractivity contribution < 1.29 is 12.8 Å². The van der Waals surface area contributed by atoms with Crippen molar-refractivity contribution in [2.75, 3.05) is 5.33 Å². The summed E-state index contributed by atoms with van der Waals surface area (Å²) in [4.78, 5) is -0.368. The Morgan fingerprint density at radius 2 is 1.81 bits per heavy atom. The van der Waals surface area contributed by atoms with Crippen LogP contribution in [0.25, 0.3) is 0 Å². The third-order valence-electron chi connectivity index (χ3n) is 2.84. The Morgan fingerprint density at radius 3 is 2.38 bits per heavy atom. The van der Waals surface area contributed by atoms with Gasteiger partial charge in [-0.1, -0.05) is 62.2 Å². The van der Waals surface area contributed by atoms with Gasteiger partial charge in [-0.3, -0.25) is 0 Å². The van der Waals surface area contributed by atoms with Crippen molar-refractivity contribution in [1.29, 1.82) is 0 Å². The summed E-state index contributed by atoms with van der Waals surface area (Å²) in [5.74, 6) is -0.793. The van der Waals surface area contributed by atoms with Crippen molar-refractivity contribution in [3.63, 3.8) is 0 Å². The van der Waals surface area contributed by atoms with Gasteiger partial charge in [-0.25, -0.2) is 17.5 Å². The largest absolute Gasteiger partial charge is 0.244 e. The van der Waals surface area contributed by atoms with Crippen molar-refractivity contribution in [2.45, 2.75) is 10.9 Å². The molecule has 0 radical (unpaired) electrons. The molecule has 112 valence electrons. The molecule has 0 amide bonds. The highest BCUT2D eigenvalue weighted by Crippen LogP contribution is 2.23. The van der Waals surface area contributed by atoms with E-state index in [1.165, 1.54) is 12.1 Å². The van der Waals surface area contributed by atoms with Gasteiger partial charge in [-0.15, -0.1) is 0 Å². The lowest BCUT2D eigenvalue weighted by Gasteiger charge is -2.17. The molecule has 21 heavy (non-hydrogen) atoms. The van der Waals surface area contributed by atoms with E-state index < -0.39 is 21.9 Å². The standard InChI is InChI=1S/C14H12Br2FNO2S/c15-9-13(10-4-2-1-3-5-10)18-21(19,20)14-7-6-11(16)8-12(14)17/h1-8,13,18H,9H2. The van der Waals surface area contributed by atoms with Gasteiger partial charge in [-0.2, -0.15) is 0 Å². The highest BCUT2D eigenvalue weighted by molar-refractivity contribution is 9.10. The molecule has 7 heteroatoms. The summed E-state index contributed by atoms with van der Waals surface area (Å²) in [5.41, 5.74) is 0.801. The first-order valence-corrected chi connectivity index (χ1v) is 9.42. The van der Waals surface area contributed by atoms with Gasteiger partial charge in [0.15, 0.2) is 0 Å². The van der Waals surface area contributed by atoms with E-state index in [1.54, 1.807) is 0 Å². The lowest BCUT2D eigenvalue weighted by Crippen LogP contribution is -2.30. The second kappa shape index (κ2) is 7.00. The molecule has 1 N–H and O–H groups in total. The Morgan fingerprint density at radius 1 is 1.14 bits per heavy atom. The monoisotopic (exact) mass is 435 g/mol. The molecule has 0 aliphatic heterocycles. The third-order valence-corrected chi connectivity index (χ3v) is 5.48. The summed E-state index contributed by atoms with van der Waals surface area (Å²) >= 11 is 6.38. The van der Waals surface area contributed by atoms with Crippen LogP contribution in [0.5, 0.6) is 0 Å². The summed E-state index contributed by atoms with van der Waals surface area (Å²) in [6, 6.07) is 12.5. The molecular weight excluding hydrogens is 425 g/mol. The van der Waals surface area contributed by atoms with E-state index in [4.69, 9.17) is 0 Å². The van der Waals surface area contributed by atoms with E-state index in [2.05, 4.69) is 36.6 Å². The van der Waals surface area contributed by atoms with Gasteiger partial charge >= 0.3 is 0 Å². The van der Waals surface area contributed by atoms with Gasteiger partial charge < -0.3 is 0 Å². The Bertz CT molecular complexity index is 723. The summed E-state index contributed by atoms with van der Waals surface area (Å²) in [6.07, 6.45) is 0. The van der Waals surface area contributed by atoms with Crippen LogP contribution in [-0.4, -0.2) is 13.7 Å². The Kier molecular flexibility index (Phi) is 5.54. The van der Waals surface area contributed by atoms with E-state index in [1.807, 2.05) is 30.3 Å². The van der Waals surface area contributed by atoms with Crippen molar-refractivity contribution in [1.82, 2.24) is 4.72 Å². The topological polar surface area (TPSA) is 46.2 Å². The Labute approximate surface area is 139 Å². The SMILES string of the molecule is O=S(=O)(NC(CBr)c1ccccc1)c1ccc(Br)cc1F. The fourth-order valence-electron chi connectivity index (χ4n) is 1.82. The molecule has 2 aromatic carbocycles. The van der Waals surface area contributed by atoms with Crippen LogP contribution in [0.3, 0.4) is 0 Å². The quantitative estimate of drug-likeness (QED) is 0.720. The maximum atomic E-state index is 13.8. The zero-order chi connectivity index (χ0) is 15.5. The molecule has 0 saturated heterocycles. The van der Waals surface area contributed by atoms with Gasteiger partial charge in [0.1, 0.15) is 10.7 Å². The van der Waals surface area contributed by atoms with Crippen LogP contribution in [0.4, 0.5) is 4.39 Å². The Balaban J connectivity index is 2.32. The number of halogens is 3. The van der Waals surface area contributed by atoms with Crippen molar-refractivity contribution in [3.05, 3.63) is 64.4 Å². The molecule has 0 saturated carbocycles. The maximum absolute atomic E-state index is 13.8. The van der Waals surface area contributed by atoms with Crippen LogP contribution in [0.15, 0.2) is 57.9 Å². The van der Waals surface area contributed by atoms with E-state index >= 15 is 0 Å². The minimum absolute atomic E-state index is 0.368. The van der Waals surface area contributed by atoms with E-state index in [-0.39, 0.29) is 4.90 Å². The van der Waals surface area contributed by atoms with Crippen LogP contribution in [0.1, 0.15) is 11.6 Å². The van der Waals surface area contributed by atoms with Crippen molar-refractivity contribution in [2.24, 2.45) is 0 Å². The molecule has 2 rings (SSSR count). The smallest absolute Gasteiger partial charge is 0.207 e. The van der Waals surface area contributed by atoms with Gasteiger partial charge in [-0.05, 0) is 23.8 Å². The number of sulfonamides is 1. The van der Waals surface area contributed by atoms with Crippen LogP contribution in [0, 0.1) is 5.82 Å². The number of rotatable bonds is 5. The number of hydrogen-bond donors (Lipinski definition) is 1. The molecule has 0 heterocycles. The minimum atomic E-state index is -3.94. The van der Waals surface area contributed by atoms with E-state index in [0.717, 1.165) is 11.6 Å². The minimum Gasteiger partial charge on any atom is -0.207 e. The molecule has 3 nitrogen and oxygen atoms in total. The lowest BCUT2D eigenvalue weighted by atomic mass is 10.1. The van der Waals surface area contributed by atoms with E-state index in [9.17, 15) is 12.8 Å². The summed E-state index contributed by atoms with van der Waals surface area (Å²) in [6.45, 7) is 0. The highest BCUT2D eigenvalue weighted by atomic mass is 79.9. The molecule has 2 aromatic rings. The van der Waals surface area contributed by atoms with Crippen LogP contribution < -0.4 is 4.72 Å². The number of hydrogen-bond acceptors (Lipinski definition) is 2. The first-order valence-electron chi connectivity index (χ1n) is 6.02. The first kappa shape index (κ1) is 16.6. The average Bonchev–Trinajstić information content (AvgIpc) is 2.45. The summed E-state index contributed by atoms with van der Waals surface area (Å²) < 4.78 is 41.5. The van der Waals surface area contributed by atoms with Crippen LogP contribution in [-0.2, 0) is 10.0 Å².